The molecule has 0 aliphatic rings. The van der Waals surface area contributed by atoms with Crippen LogP contribution in [0.2, 0.25) is 0 Å². The molecular weight excluding hydrogens is 188 g/mol. The molecule has 0 aliphatic heterocycles. The van der Waals surface area contributed by atoms with Gasteiger partial charge < -0.3 is 11.1 Å². The Morgan fingerprint density at radius 3 is 2.33 bits per heavy atom. The van der Waals surface area contributed by atoms with E-state index in [1.807, 2.05) is 44.2 Å². The molecule has 0 radical (unpaired) electrons. The number of nitrogens with two attached hydrogens (primary N) is 1. The Labute approximate surface area is 90.7 Å². The summed E-state index contributed by atoms with van der Waals surface area (Å²) in [4.78, 5) is 11.5. The topological polar surface area (TPSA) is 55.1 Å². The Hall–Kier alpha value is -1.35. The van der Waals surface area contributed by atoms with E-state index < -0.39 is 6.04 Å². The molecular formula is C12H18N2O. The van der Waals surface area contributed by atoms with Crippen molar-refractivity contribution in [3.8, 4) is 0 Å². The molecule has 0 aromatic heterocycles. The molecule has 0 aliphatic carbocycles. The van der Waals surface area contributed by atoms with Gasteiger partial charge in [-0.25, -0.2) is 0 Å². The van der Waals surface area contributed by atoms with Gasteiger partial charge in [-0.1, -0.05) is 44.2 Å². The van der Waals surface area contributed by atoms with Crippen molar-refractivity contribution < 1.29 is 4.79 Å². The van der Waals surface area contributed by atoms with Gasteiger partial charge in [0.15, 0.2) is 0 Å². The zero-order chi connectivity index (χ0) is 11.5. The average molecular weight is 206 g/mol. The van der Waals surface area contributed by atoms with Gasteiger partial charge in [0, 0.05) is 12.5 Å². The van der Waals surface area contributed by atoms with E-state index in [-0.39, 0.29) is 11.3 Å². The van der Waals surface area contributed by atoms with Gasteiger partial charge >= 0.3 is 0 Å². The molecule has 1 amide bonds. The van der Waals surface area contributed by atoms with Crippen LogP contribution in [0.3, 0.4) is 0 Å². The van der Waals surface area contributed by atoms with Crippen LogP contribution >= 0.6 is 0 Å². The highest BCUT2D eigenvalue weighted by Gasteiger charge is 2.32. The summed E-state index contributed by atoms with van der Waals surface area (Å²) >= 11 is 0. The fourth-order valence-electron chi connectivity index (χ4n) is 1.53. The van der Waals surface area contributed by atoms with Gasteiger partial charge in [-0.15, -0.1) is 0 Å². The molecule has 0 bridgehead atoms. The molecule has 3 N–H and O–H groups in total. The number of amides is 1. The molecule has 0 unspecified atom stereocenters. The van der Waals surface area contributed by atoms with E-state index in [0.717, 1.165) is 5.56 Å². The number of hydrogen-bond donors (Lipinski definition) is 2. The molecule has 15 heavy (non-hydrogen) atoms. The summed E-state index contributed by atoms with van der Waals surface area (Å²) in [7, 11) is 1.60. The fraction of sp³-hybridized carbons (Fsp3) is 0.417. The van der Waals surface area contributed by atoms with Crippen molar-refractivity contribution in [2.45, 2.75) is 25.3 Å². The largest absolute Gasteiger partial charge is 0.358 e. The molecule has 1 atom stereocenters. The monoisotopic (exact) mass is 206 g/mol. The first kappa shape index (κ1) is 11.7. The van der Waals surface area contributed by atoms with E-state index in [4.69, 9.17) is 5.73 Å². The number of nitrogens with one attached hydrogen (secondary N) is 1. The average Bonchev–Trinajstić information content (AvgIpc) is 2.28. The van der Waals surface area contributed by atoms with Crippen LogP contribution in [-0.2, 0) is 10.2 Å². The smallest absolute Gasteiger partial charge is 0.237 e. The van der Waals surface area contributed by atoms with Crippen molar-refractivity contribution in [2.75, 3.05) is 7.05 Å². The van der Waals surface area contributed by atoms with Gasteiger partial charge in [0.25, 0.3) is 0 Å². The first-order chi connectivity index (χ1) is 7.00. The summed E-state index contributed by atoms with van der Waals surface area (Å²) in [6, 6.07) is 9.29. The molecule has 1 aromatic carbocycles. The maximum atomic E-state index is 11.5. The third kappa shape index (κ3) is 2.36. The molecule has 82 valence electrons. The molecule has 0 fully saturated rings. The normalized spacial score (nSPS) is 13.3. The third-order valence-corrected chi connectivity index (χ3v) is 2.82. The summed E-state index contributed by atoms with van der Waals surface area (Å²) < 4.78 is 0. The van der Waals surface area contributed by atoms with Gasteiger partial charge in [0.2, 0.25) is 5.91 Å². The van der Waals surface area contributed by atoms with Gasteiger partial charge in [0.1, 0.15) is 0 Å². The SMILES string of the molecule is CNC(=O)[C@@H](N)C(C)(C)c1ccccc1. The van der Waals surface area contributed by atoms with Gasteiger partial charge in [0.05, 0.1) is 6.04 Å². The predicted molar refractivity (Wildman–Crippen MR) is 61.5 cm³/mol. The van der Waals surface area contributed by atoms with Gasteiger partial charge in [-0.3, -0.25) is 4.79 Å². The maximum Gasteiger partial charge on any atom is 0.237 e. The van der Waals surface area contributed by atoms with Crippen molar-refractivity contribution in [3.05, 3.63) is 35.9 Å². The van der Waals surface area contributed by atoms with E-state index in [0.29, 0.717) is 0 Å². The van der Waals surface area contributed by atoms with Gasteiger partial charge in [-0.05, 0) is 5.56 Å². The van der Waals surface area contributed by atoms with Crippen LogP contribution in [0, 0.1) is 0 Å². The van der Waals surface area contributed by atoms with E-state index in [1.54, 1.807) is 7.05 Å². The minimum atomic E-state index is -0.537. The molecule has 1 rings (SSSR count). The van der Waals surface area contributed by atoms with E-state index >= 15 is 0 Å². The summed E-state index contributed by atoms with van der Waals surface area (Å²) in [6.45, 7) is 3.95. The number of benzene rings is 1. The lowest BCUT2D eigenvalue weighted by Crippen LogP contribution is -2.51. The summed E-state index contributed by atoms with van der Waals surface area (Å²) in [5.41, 5.74) is 6.64. The first-order valence-corrected chi connectivity index (χ1v) is 5.03. The molecule has 0 spiro atoms. The Kier molecular flexibility index (Phi) is 3.48. The quantitative estimate of drug-likeness (QED) is 0.776. The number of likely N-dealkylation sites (N-methyl/N-ethyl adjacent to an activating group) is 1. The number of carbonyl (C=O) groups excluding carboxylic acids is 1. The standard InChI is InChI=1S/C12H18N2O/c1-12(2,10(13)11(15)14-3)9-7-5-4-6-8-9/h4-8,10H,13H2,1-3H3,(H,14,15)/t10-/m1/s1. The first-order valence-electron chi connectivity index (χ1n) is 5.03. The second-order valence-corrected chi connectivity index (χ2v) is 4.18. The molecule has 1 aromatic rings. The van der Waals surface area contributed by atoms with Gasteiger partial charge in [-0.2, -0.15) is 0 Å². The highest BCUT2D eigenvalue weighted by Crippen LogP contribution is 2.25. The zero-order valence-corrected chi connectivity index (χ0v) is 9.45. The number of rotatable bonds is 3. The van der Waals surface area contributed by atoms with Crippen LogP contribution in [0.5, 0.6) is 0 Å². The predicted octanol–water partition coefficient (Wildman–Crippen LogP) is 1.04. The van der Waals surface area contributed by atoms with E-state index in [9.17, 15) is 4.79 Å². The van der Waals surface area contributed by atoms with Crippen molar-refractivity contribution in [2.24, 2.45) is 5.73 Å². The van der Waals surface area contributed by atoms with Crippen LogP contribution in [0.15, 0.2) is 30.3 Å². The lowest BCUT2D eigenvalue weighted by molar-refractivity contribution is -0.123. The van der Waals surface area contributed by atoms with E-state index in [1.165, 1.54) is 0 Å². The van der Waals surface area contributed by atoms with Crippen LogP contribution in [-0.4, -0.2) is 19.0 Å². The minimum absolute atomic E-state index is 0.135. The lowest BCUT2D eigenvalue weighted by Gasteiger charge is -2.30. The summed E-state index contributed by atoms with van der Waals surface area (Å²) in [6.07, 6.45) is 0. The molecule has 0 heterocycles. The zero-order valence-electron chi connectivity index (χ0n) is 9.45. The highest BCUT2D eigenvalue weighted by atomic mass is 16.2. The number of carbonyl (C=O) groups is 1. The fourth-order valence-corrected chi connectivity index (χ4v) is 1.53. The van der Waals surface area contributed by atoms with Crippen molar-refractivity contribution >= 4 is 5.91 Å². The Balaban J connectivity index is 2.97. The van der Waals surface area contributed by atoms with Crippen LogP contribution in [0.1, 0.15) is 19.4 Å². The Bertz CT molecular complexity index is 333. The third-order valence-electron chi connectivity index (χ3n) is 2.82. The highest BCUT2D eigenvalue weighted by molar-refractivity contribution is 5.83. The molecule has 0 saturated carbocycles. The summed E-state index contributed by atoms with van der Waals surface area (Å²) in [5, 5.41) is 2.58. The molecule has 3 nitrogen and oxygen atoms in total. The second kappa shape index (κ2) is 4.45. The van der Waals surface area contributed by atoms with Crippen LogP contribution < -0.4 is 11.1 Å². The molecule has 0 saturated heterocycles. The van der Waals surface area contributed by atoms with Crippen LogP contribution in [0.25, 0.3) is 0 Å². The number of hydrogen-bond acceptors (Lipinski definition) is 2. The van der Waals surface area contributed by atoms with Crippen molar-refractivity contribution in [3.63, 3.8) is 0 Å². The Morgan fingerprint density at radius 1 is 1.33 bits per heavy atom. The van der Waals surface area contributed by atoms with Crippen molar-refractivity contribution in [1.29, 1.82) is 0 Å². The van der Waals surface area contributed by atoms with Crippen LogP contribution in [0.4, 0.5) is 0 Å². The van der Waals surface area contributed by atoms with Crippen molar-refractivity contribution in [1.82, 2.24) is 5.32 Å². The summed E-state index contributed by atoms with van der Waals surface area (Å²) in [5.74, 6) is -0.135. The Morgan fingerprint density at radius 2 is 1.87 bits per heavy atom. The molecule has 3 heteroatoms. The second-order valence-electron chi connectivity index (χ2n) is 4.18. The lowest BCUT2D eigenvalue weighted by atomic mass is 9.78. The minimum Gasteiger partial charge on any atom is -0.358 e. The van der Waals surface area contributed by atoms with E-state index in [2.05, 4.69) is 5.32 Å². The maximum absolute atomic E-state index is 11.5.